The van der Waals surface area contributed by atoms with Crippen LogP contribution >= 0.6 is 23.2 Å². The molecule has 0 unspecified atom stereocenters. The fraction of sp³-hybridized carbons (Fsp3) is 0.300. The van der Waals surface area contributed by atoms with Crippen LogP contribution in [0.15, 0.2) is 73.1 Å². The highest BCUT2D eigenvalue weighted by molar-refractivity contribution is 7.90. The first-order valence-corrected chi connectivity index (χ1v) is 22.8. The molecule has 15 nitrogen and oxygen atoms in total. The maximum Gasteiger partial charge on any atom is 0.417 e. The number of aromatic nitrogens is 2. The van der Waals surface area contributed by atoms with E-state index in [1.807, 2.05) is 23.3 Å². The van der Waals surface area contributed by atoms with Gasteiger partial charge >= 0.3 is 12.4 Å². The number of sulfonamides is 2. The van der Waals surface area contributed by atoms with Crippen molar-refractivity contribution >= 4 is 67.2 Å². The van der Waals surface area contributed by atoms with Crippen molar-refractivity contribution in [2.24, 2.45) is 0 Å². The highest BCUT2D eigenvalue weighted by Crippen LogP contribution is 2.38. The van der Waals surface area contributed by atoms with Crippen LogP contribution in [-0.2, 0) is 42.0 Å². The number of pyridine rings is 2. The number of hydrogen-bond acceptors (Lipinski definition) is 12. The van der Waals surface area contributed by atoms with Gasteiger partial charge in [-0.3, -0.25) is 9.59 Å². The Labute approximate surface area is 379 Å². The molecule has 4 rings (SSSR count). The van der Waals surface area contributed by atoms with E-state index >= 15 is 0 Å². The number of amides is 2. The number of carbonyl (C=O) groups is 2. The van der Waals surface area contributed by atoms with E-state index in [1.165, 1.54) is 36.4 Å². The van der Waals surface area contributed by atoms with Crippen LogP contribution in [0.1, 0.15) is 74.6 Å². The monoisotopic (exact) mass is 1000 g/mol. The zero-order valence-corrected chi connectivity index (χ0v) is 37.3. The molecule has 0 bridgehead atoms. The number of ether oxygens (including phenoxy) is 2. The molecular formula is C40H42Cl2F6N4O11S2. The number of alkyl halides is 6. The van der Waals surface area contributed by atoms with E-state index in [0.29, 0.717) is 50.2 Å². The fourth-order valence-corrected chi connectivity index (χ4v) is 7.44. The third-order valence-electron chi connectivity index (χ3n) is 8.05. The van der Waals surface area contributed by atoms with Crippen molar-refractivity contribution in [2.45, 2.75) is 64.7 Å². The Bertz CT molecular complexity index is 2390. The average Bonchev–Trinajstić information content (AvgIpc) is 3.18. The van der Waals surface area contributed by atoms with Crippen LogP contribution in [0.5, 0.6) is 34.8 Å². The van der Waals surface area contributed by atoms with E-state index in [1.54, 1.807) is 0 Å². The van der Waals surface area contributed by atoms with Crippen LogP contribution in [0.4, 0.5) is 26.3 Å². The van der Waals surface area contributed by atoms with Gasteiger partial charge in [-0.1, -0.05) is 62.7 Å². The molecule has 0 aliphatic heterocycles. The minimum atomic E-state index is -4.64. The lowest BCUT2D eigenvalue weighted by atomic mass is 10.1. The van der Waals surface area contributed by atoms with Gasteiger partial charge in [-0.25, -0.2) is 36.2 Å². The fourth-order valence-electron chi connectivity index (χ4n) is 4.91. The van der Waals surface area contributed by atoms with Crippen molar-refractivity contribution in [3.63, 3.8) is 0 Å². The van der Waals surface area contributed by atoms with E-state index < -0.39 is 65.4 Å². The summed E-state index contributed by atoms with van der Waals surface area (Å²) in [6, 6.07) is 8.79. The van der Waals surface area contributed by atoms with E-state index in [-0.39, 0.29) is 62.9 Å². The SMILES string of the molecule is CCCCCS(=O)(=O)NC(=O)/C=C/c1ccc(O)cc1Oc1ncc(C(F)(F)F)cc1Cl.CCCCCS(=O)(=O)NC(=O)/C=C/c1ccc(O)cc1Oc1ncc(C(F)(F)F)cc1Cl.O. The lowest BCUT2D eigenvalue weighted by molar-refractivity contribution is -0.138. The number of aromatic hydroxyl groups is 2. The Kier molecular flexibility index (Phi) is 21.0. The third-order valence-corrected chi connectivity index (χ3v) is 11.3. The van der Waals surface area contributed by atoms with E-state index in [4.69, 9.17) is 32.7 Å². The molecule has 2 aromatic heterocycles. The second-order valence-electron chi connectivity index (χ2n) is 13.3. The van der Waals surface area contributed by atoms with Crippen molar-refractivity contribution in [3.05, 3.63) is 105 Å². The van der Waals surface area contributed by atoms with Crippen molar-refractivity contribution < 1.29 is 77.9 Å². The van der Waals surface area contributed by atoms with Crippen LogP contribution < -0.4 is 18.9 Å². The molecule has 0 saturated carbocycles. The smallest absolute Gasteiger partial charge is 0.417 e. The summed E-state index contributed by atoms with van der Waals surface area (Å²) in [4.78, 5) is 31.1. The number of hydrogen-bond donors (Lipinski definition) is 4. The second-order valence-corrected chi connectivity index (χ2v) is 17.8. The summed E-state index contributed by atoms with van der Waals surface area (Å²) in [5.74, 6) is -3.50. The summed E-state index contributed by atoms with van der Waals surface area (Å²) in [5, 5.41) is 18.6. The van der Waals surface area contributed by atoms with Gasteiger partial charge in [0, 0.05) is 47.8 Å². The molecule has 4 aromatic rings. The third kappa shape index (κ3) is 19.2. The number of carbonyl (C=O) groups excluding carboxylic acids is 2. The van der Waals surface area contributed by atoms with Gasteiger partial charge in [-0.05, 0) is 61.4 Å². The first-order valence-electron chi connectivity index (χ1n) is 18.7. The first-order chi connectivity index (χ1) is 29.8. The highest BCUT2D eigenvalue weighted by atomic mass is 35.5. The van der Waals surface area contributed by atoms with E-state index in [0.717, 1.165) is 37.1 Å². The Morgan fingerprint density at radius 3 is 1.31 bits per heavy atom. The molecule has 0 saturated heterocycles. The van der Waals surface area contributed by atoms with Crippen molar-refractivity contribution in [1.29, 1.82) is 0 Å². The maximum absolute atomic E-state index is 12.8. The number of halogens is 8. The minimum Gasteiger partial charge on any atom is -0.508 e. The average molecular weight is 1000 g/mol. The molecule has 0 atom stereocenters. The number of benzene rings is 2. The van der Waals surface area contributed by atoms with Gasteiger partial charge < -0.3 is 25.2 Å². The van der Waals surface area contributed by atoms with Crippen molar-refractivity contribution in [1.82, 2.24) is 19.4 Å². The Hall–Kier alpha value is -5.62. The van der Waals surface area contributed by atoms with Crippen LogP contribution in [0.2, 0.25) is 10.0 Å². The van der Waals surface area contributed by atoms with Crippen LogP contribution in [0.3, 0.4) is 0 Å². The van der Waals surface area contributed by atoms with Crippen LogP contribution in [0.25, 0.3) is 12.2 Å². The molecule has 25 heteroatoms. The summed E-state index contributed by atoms with van der Waals surface area (Å²) >= 11 is 11.7. The lowest BCUT2D eigenvalue weighted by Crippen LogP contribution is -2.31. The molecule has 2 amide bonds. The summed E-state index contributed by atoms with van der Waals surface area (Å²) in [7, 11) is -7.57. The molecule has 0 radical (unpaired) electrons. The molecule has 0 aliphatic carbocycles. The molecule has 0 spiro atoms. The molecule has 65 heavy (non-hydrogen) atoms. The van der Waals surface area contributed by atoms with Gasteiger partial charge in [0.15, 0.2) is 0 Å². The molecule has 0 fully saturated rings. The van der Waals surface area contributed by atoms with Gasteiger partial charge in [0.25, 0.3) is 11.8 Å². The topological polar surface area (TPSA) is 243 Å². The number of nitrogens with zero attached hydrogens (tertiary/aromatic N) is 2. The zero-order chi connectivity index (χ0) is 47.9. The molecule has 2 heterocycles. The Morgan fingerprint density at radius 2 is 1.00 bits per heavy atom. The summed E-state index contributed by atoms with van der Waals surface area (Å²) in [6.45, 7) is 3.83. The van der Waals surface area contributed by atoms with Gasteiger partial charge in [-0.2, -0.15) is 26.3 Å². The quantitative estimate of drug-likeness (QED) is 0.0415. The van der Waals surface area contributed by atoms with Gasteiger partial charge in [-0.15, -0.1) is 0 Å². The standard InChI is InChI=1S/2C20H20ClF3N2O5S.H2O/c2*1-2-3-4-9-32(29,30)26-18(28)8-6-13-5-7-15(27)11-17(13)31-19-16(21)10-14(12-25-19)20(22,23)24;/h2*5-8,10-12,27H,2-4,9H2,1H3,(H,26,28);1H2/b2*8-6+;. The summed E-state index contributed by atoms with van der Waals surface area (Å²) in [6.07, 6.45) is 0.00180. The Morgan fingerprint density at radius 1 is 0.646 bits per heavy atom. The summed E-state index contributed by atoms with van der Waals surface area (Å²) in [5.41, 5.74) is -1.72. The molecule has 356 valence electrons. The normalized spacial score (nSPS) is 12.0. The highest BCUT2D eigenvalue weighted by Gasteiger charge is 2.33. The van der Waals surface area contributed by atoms with Gasteiger partial charge in [0.05, 0.1) is 22.6 Å². The number of phenols is 2. The largest absolute Gasteiger partial charge is 0.508 e. The van der Waals surface area contributed by atoms with Gasteiger partial charge in [0.1, 0.15) is 33.0 Å². The first kappa shape index (κ1) is 55.5. The maximum atomic E-state index is 12.8. The number of nitrogens with one attached hydrogen (secondary N) is 2. The predicted molar refractivity (Wildman–Crippen MR) is 229 cm³/mol. The summed E-state index contributed by atoms with van der Waals surface area (Å²) < 4.78 is 139. The lowest BCUT2D eigenvalue weighted by Gasteiger charge is -2.12. The Balaban J connectivity index is 0.000000440. The molecular weight excluding hydrogens is 961 g/mol. The molecule has 0 aliphatic rings. The van der Waals surface area contributed by atoms with Crippen molar-refractivity contribution in [3.8, 4) is 34.8 Å². The number of rotatable bonds is 18. The van der Waals surface area contributed by atoms with Gasteiger partial charge in [0.2, 0.25) is 31.8 Å². The second kappa shape index (κ2) is 24.6. The molecule has 6 N–H and O–H groups in total. The number of phenolic OH excluding ortho intramolecular Hbond substituents is 2. The van der Waals surface area contributed by atoms with Crippen molar-refractivity contribution in [2.75, 3.05) is 11.5 Å². The minimum absolute atomic E-state index is 0. The van der Waals surface area contributed by atoms with Crippen LogP contribution in [0, 0.1) is 0 Å². The van der Waals surface area contributed by atoms with E-state index in [2.05, 4.69) is 9.97 Å². The zero-order valence-electron chi connectivity index (χ0n) is 34.1. The van der Waals surface area contributed by atoms with Crippen LogP contribution in [-0.4, -0.2) is 65.8 Å². The number of unbranched alkanes of at least 4 members (excludes halogenated alkanes) is 4. The van der Waals surface area contributed by atoms with E-state index in [9.17, 15) is 63.0 Å². The predicted octanol–water partition coefficient (Wildman–Crippen LogP) is 8.98. The molecule has 2 aromatic carbocycles.